The molecule has 0 fully saturated rings. The molecule has 0 saturated carbocycles. The number of anilines is 2. The van der Waals surface area contributed by atoms with Crippen LogP contribution in [0.1, 0.15) is 16.1 Å². The zero-order valence-corrected chi connectivity index (χ0v) is 14.8. The van der Waals surface area contributed by atoms with Crippen molar-refractivity contribution in [2.24, 2.45) is 5.10 Å². The molecule has 0 amide bonds. The predicted molar refractivity (Wildman–Crippen MR) is 99.8 cm³/mol. The molecule has 1 aromatic heterocycles. The molecule has 0 unspecified atom stereocenters. The highest BCUT2D eigenvalue weighted by Gasteiger charge is 2.33. The van der Waals surface area contributed by atoms with E-state index in [0.717, 1.165) is 27.9 Å². The van der Waals surface area contributed by atoms with Gasteiger partial charge >= 0.3 is 0 Å². The molecule has 128 valence electrons. The molecule has 1 aliphatic rings. The van der Waals surface area contributed by atoms with Crippen LogP contribution in [0.5, 0.6) is 0 Å². The summed E-state index contributed by atoms with van der Waals surface area (Å²) in [5.74, 6) is 0.921. The first kappa shape index (κ1) is 17.1. The maximum absolute atomic E-state index is 4.81. The van der Waals surface area contributed by atoms with Gasteiger partial charge in [0.1, 0.15) is 5.69 Å². The molecule has 3 aromatic rings. The van der Waals surface area contributed by atoms with E-state index >= 15 is 0 Å². The summed E-state index contributed by atoms with van der Waals surface area (Å²) < 4.78 is 0. The fourth-order valence-electron chi connectivity index (χ4n) is 2.53. The smallest absolute Gasteiger partial charge is 0.277 e. The van der Waals surface area contributed by atoms with Crippen LogP contribution < -0.4 is 15.7 Å². The summed E-state index contributed by atoms with van der Waals surface area (Å²) in [4.78, 5) is 5.88. The largest absolute Gasteiger partial charge is 0.870 e. The van der Waals surface area contributed by atoms with Crippen LogP contribution in [0, 0.1) is 13.8 Å². The number of hydrogen-bond acceptors (Lipinski definition) is 6. The van der Waals surface area contributed by atoms with Gasteiger partial charge in [0.15, 0.2) is 0 Å². The van der Waals surface area contributed by atoms with Gasteiger partial charge in [-0.2, -0.15) is 5.43 Å². The van der Waals surface area contributed by atoms with Crippen LogP contribution in [-0.2, 0) is 0 Å². The molecular formula is C18H19N5OS. The lowest BCUT2D eigenvalue weighted by Gasteiger charge is -2.21. The number of quaternary nitrogens is 1. The van der Waals surface area contributed by atoms with Gasteiger partial charge in [-0.05, 0) is 38.1 Å². The summed E-state index contributed by atoms with van der Waals surface area (Å²) >= 11 is 1.65. The first-order valence-corrected chi connectivity index (χ1v) is 8.61. The highest BCUT2D eigenvalue weighted by Crippen LogP contribution is 2.28. The number of hydrogen-bond donors (Lipinski definition) is 1. The molecule has 25 heavy (non-hydrogen) atoms. The zero-order valence-electron chi connectivity index (χ0n) is 14.0. The van der Waals surface area contributed by atoms with Gasteiger partial charge in [-0.25, -0.2) is 4.98 Å². The Morgan fingerprint density at radius 2 is 1.56 bits per heavy atom. The SMILES string of the molecule is Cc1nc(N2N=C(c3ccccc3)[NH2+]N2c2ccccc2)sc1C.[OH-]. The Morgan fingerprint density at radius 3 is 2.16 bits per heavy atom. The molecule has 7 heteroatoms. The molecule has 1 aliphatic heterocycles. The first-order chi connectivity index (χ1) is 11.7. The maximum atomic E-state index is 4.81. The minimum absolute atomic E-state index is 0. The molecule has 0 spiro atoms. The van der Waals surface area contributed by atoms with Gasteiger partial charge in [-0.1, -0.05) is 58.0 Å². The van der Waals surface area contributed by atoms with Crippen molar-refractivity contribution in [1.82, 2.24) is 4.98 Å². The summed E-state index contributed by atoms with van der Waals surface area (Å²) in [5, 5.41) is 9.60. The molecule has 6 nitrogen and oxygen atoms in total. The number of hydrazone groups is 1. The summed E-state index contributed by atoms with van der Waals surface area (Å²) in [5.41, 5.74) is 5.24. The van der Waals surface area contributed by atoms with Crippen molar-refractivity contribution in [1.29, 1.82) is 0 Å². The Balaban J connectivity index is 0.00000182. The summed E-state index contributed by atoms with van der Waals surface area (Å²) in [6.45, 7) is 4.12. The second-order valence-electron chi connectivity index (χ2n) is 5.59. The number of nitrogens with two attached hydrogens (primary N) is 1. The number of rotatable bonds is 3. The monoisotopic (exact) mass is 353 g/mol. The van der Waals surface area contributed by atoms with Crippen molar-refractivity contribution >= 4 is 28.0 Å². The van der Waals surface area contributed by atoms with Crippen molar-refractivity contribution in [3.8, 4) is 0 Å². The fraction of sp³-hybridized carbons (Fsp3) is 0.111. The van der Waals surface area contributed by atoms with E-state index in [0.29, 0.717) is 0 Å². The number of thiazole rings is 1. The number of nitrogens with zero attached hydrogens (tertiary/aromatic N) is 4. The maximum Gasteiger partial charge on any atom is 0.277 e. The van der Waals surface area contributed by atoms with Gasteiger partial charge in [-0.15, -0.1) is 5.12 Å². The van der Waals surface area contributed by atoms with Gasteiger partial charge in [0.25, 0.3) is 5.84 Å². The van der Waals surface area contributed by atoms with E-state index in [1.807, 2.05) is 53.6 Å². The van der Waals surface area contributed by atoms with Crippen LogP contribution in [-0.4, -0.2) is 16.3 Å². The lowest BCUT2D eigenvalue weighted by Crippen LogP contribution is -2.96. The van der Waals surface area contributed by atoms with Crippen molar-refractivity contribution < 1.29 is 10.9 Å². The fourth-order valence-corrected chi connectivity index (χ4v) is 3.39. The molecule has 3 N–H and O–H groups in total. The Bertz CT molecular complexity index is 859. The summed E-state index contributed by atoms with van der Waals surface area (Å²) in [7, 11) is 0. The summed E-state index contributed by atoms with van der Waals surface area (Å²) in [6.07, 6.45) is 0. The Morgan fingerprint density at radius 1 is 0.920 bits per heavy atom. The van der Waals surface area contributed by atoms with E-state index in [1.165, 1.54) is 4.88 Å². The van der Waals surface area contributed by atoms with Crippen LogP contribution >= 0.6 is 11.3 Å². The van der Waals surface area contributed by atoms with E-state index in [4.69, 9.17) is 5.10 Å². The molecule has 4 rings (SSSR count). The molecule has 0 aliphatic carbocycles. The average Bonchev–Trinajstić information content (AvgIpc) is 3.21. The van der Waals surface area contributed by atoms with E-state index in [9.17, 15) is 0 Å². The van der Waals surface area contributed by atoms with Crippen LogP contribution in [0.3, 0.4) is 0 Å². The molecule has 0 atom stereocenters. The number of aryl methyl sites for hydroxylation is 2. The number of hydrazine groups is 1. The van der Waals surface area contributed by atoms with Crippen molar-refractivity contribution in [3.05, 3.63) is 76.8 Å². The Kier molecular flexibility index (Phi) is 4.80. The van der Waals surface area contributed by atoms with E-state index in [-0.39, 0.29) is 5.48 Å². The second kappa shape index (κ2) is 7.02. The van der Waals surface area contributed by atoms with E-state index < -0.39 is 0 Å². The third-order valence-electron chi connectivity index (χ3n) is 3.93. The molecule has 0 bridgehead atoms. The molecule has 2 heterocycles. The predicted octanol–water partition coefficient (Wildman–Crippen LogP) is 2.66. The van der Waals surface area contributed by atoms with E-state index in [1.54, 1.807) is 11.3 Å². The normalized spacial score (nSPS) is 13.6. The average molecular weight is 353 g/mol. The number of benzene rings is 2. The minimum Gasteiger partial charge on any atom is -0.870 e. The number of aromatic nitrogens is 1. The third kappa shape index (κ3) is 3.25. The minimum atomic E-state index is 0. The third-order valence-corrected chi connectivity index (χ3v) is 4.97. The Hall–Kier alpha value is -2.74. The van der Waals surface area contributed by atoms with Crippen molar-refractivity contribution in [2.75, 3.05) is 10.2 Å². The molecule has 0 saturated heterocycles. The van der Waals surface area contributed by atoms with Crippen LogP contribution in [0.15, 0.2) is 65.8 Å². The van der Waals surface area contributed by atoms with Gasteiger partial charge < -0.3 is 5.48 Å². The zero-order chi connectivity index (χ0) is 16.5. The lowest BCUT2D eigenvalue weighted by molar-refractivity contribution is -0.545. The topological polar surface area (TPSA) is 78.3 Å². The standard InChI is InChI=1S/C18H17N5S.H2O/c1-13-14(2)24-18(19-13)23-21-17(15-9-5-3-6-10-15)20-22(23)16-11-7-4-8-12-16;/h3-12H,1-2H3,(H,20,21);1H2. The van der Waals surface area contributed by atoms with Gasteiger partial charge in [0.05, 0.1) is 11.3 Å². The quantitative estimate of drug-likeness (QED) is 0.734. The van der Waals surface area contributed by atoms with Crippen LogP contribution in [0.4, 0.5) is 10.8 Å². The molecule has 2 aromatic carbocycles. The number of para-hydroxylation sites is 1. The molecule has 0 radical (unpaired) electrons. The second-order valence-corrected chi connectivity index (χ2v) is 6.77. The Labute approximate surface area is 150 Å². The lowest BCUT2D eigenvalue weighted by atomic mass is 10.2. The highest BCUT2D eigenvalue weighted by atomic mass is 32.1. The van der Waals surface area contributed by atoms with Gasteiger partial charge in [0.2, 0.25) is 5.13 Å². The highest BCUT2D eigenvalue weighted by molar-refractivity contribution is 7.15. The van der Waals surface area contributed by atoms with Gasteiger partial charge in [0, 0.05) is 4.88 Å². The van der Waals surface area contributed by atoms with Crippen LogP contribution in [0.2, 0.25) is 0 Å². The van der Waals surface area contributed by atoms with Crippen molar-refractivity contribution in [2.45, 2.75) is 13.8 Å². The van der Waals surface area contributed by atoms with Crippen LogP contribution in [0.25, 0.3) is 0 Å². The first-order valence-electron chi connectivity index (χ1n) is 7.79. The summed E-state index contributed by atoms with van der Waals surface area (Å²) in [6, 6.07) is 20.4. The molecular weight excluding hydrogens is 334 g/mol. The number of amidine groups is 1. The van der Waals surface area contributed by atoms with Gasteiger partial charge in [-0.3, -0.25) is 0 Å². The van der Waals surface area contributed by atoms with Crippen molar-refractivity contribution in [3.63, 3.8) is 0 Å². The van der Waals surface area contributed by atoms with E-state index in [2.05, 4.69) is 41.6 Å².